The molecule has 1 aromatic rings. The molecule has 4 nitrogen and oxygen atoms in total. The van der Waals surface area contributed by atoms with Crippen LogP contribution in [0, 0.1) is 0 Å². The van der Waals surface area contributed by atoms with Gasteiger partial charge < -0.3 is 14.4 Å². The van der Waals surface area contributed by atoms with Crippen LogP contribution < -0.4 is 9.64 Å². The summed E-state index contributed by atoms with van der Waals surface area (Å²) < 4.78 is 11.6. The number of amides is 1. The normalized spacial score (nSPS) is 14.1. The Balaban J connectivity index is 2.22. The Morgan fingerprint density at radius 2 is 2.41 bits per heavy atom. The zero-order valence-corrected chi connectivity index (χ0v) is 11.2. The first kappa shape index (κ1) is 12.4. The van der Waals surface area contributed by atoms with Crippen molar-refractivity contribution in [2.45, 2.75) is 6.92 Å². The Kier molecular flexibility index (Phi) is 4.02. The van der Waals surface area contributed by atoms with Gasteiger partial charge in [0.1, 0.15) is 13.2 Å². The van der Waals surface area contributed by atoms with Crippen molar-refractivity contribution in [3.8, 4) is 5.75 Å². The maximum absolute atomic E-state index is 12.0. The molecule has 0 N–H and O–H groups in total. The van der Waals surface area contributed by atoms with Crippen LogP contribution in [-0.4, -0.2) is 32.3 Å². The molecule has 0 aromatic heterocycles. The molecule has 2 rings (SSSR count). The maximum atomic E-state index is 12.0. The molecule has 1 heterocycles. The van der Waals surface area contributed by atoms with Crippen LogP contribution in [0.25, 0.3) is 0 Å². The molecule has 0 bridgehead atoms. The van der Waals surface area contributed by atoms with Gasteiger partial charge in [0.25, 0.3) is 5.91 Å². The molecule has 1 amide bonds. The topological polar surface area (TPSA) is 38.8 Å². The zero-order valence-electron chi connectivity index (χ0n) is 9.61. The molecule has 1 aliphatic rings. The monoisotopic (exact) mass is 299 g/mol. The SMILES string of the molecule is CCOCC(=O)N1CCOc2c(Br)cccc21. The minimum Gasteiger partial charge on any atom is -0.488 e. The third kappa shape index (κ3) is 2.61. The number of ether oxygens (including phenoxy) is 2. The van der Waals surface area contributed by atoms with Crippen molar-refractivity contribution < 1.29 is 14.3 Å². The molecule has 0 radical (unpaired) electrons. The van der Waals surface area contributed by atoms with Crippen LogP contribution in [-0.2, 0) is 9.53 Å². The van der Waals surface area contributed by atoms with Gasteiger partial charge in [-0.15, -0.1) is 0 Å². The second-order valence-electron chi connectivity index (χ2n) is 3.62. The average molecular weight is 300 g/mol. The smallest absolute Gasteiger partial charge is 0.253 e. The van der Waals surface area contributed by atoms with Gasteiger partial charge in [-0.1, -0.05) is 6.07 Å². The van der Waals surface area contributed by atoms with E-state index in [0.717, 1.165) is 15.9 Å². The standard InChI is InChI=1S/C12H14BrNO3/c1-2-16-8-11(15)14-6-7-17-12-9(13)4-3-5-10(12)14/h3-5H,2,6-8H2,1H3. The highest BCUT2D eigenvalue weighted by Gasteiger charge is 2.24. The molecular formula is C12H14BrNO3. The fourth-order valence-electron chi connectivity index (χ4n) is 1.74. The summed E-state index contributed by atoms with van der Waals surface area (Å²) in [6.07, 6.45) is 0. The zero-order chi connectivity index (χ0) is 12.3. The molecule has 0 spiro atoms. The van der Waals surface area contributed by atoms with Crippen LogP contribution in [0.1, 0.15) is 6.92 Å². The number of carbonyl (C=O) groups is 1. The molecule has 0 saturated carbocycles. The molecule has 0 unspecified atom stereocenters. The van der Waals surface area contributed by atoms with Crippen LogP contribution >= 0.6 is 15.9 Å². The highest BCUT2D eigenvalue weighted by Crippen LogP contribution is 2.37. The summed E-state index contributed by atoms with van der Waals surface area (Å²) in [4.78, 5) is 13.7. The molecule has 17 heavy (non-hydrogen) atoms. The molecule has 0 aliphatic carbocycles. The lowest BCUT2D eigenvalue weighted by atomic mass is 10.2. The number of hydrogen-bond donors (Lipinski definition) is 0. The van der Waals surface area contributed by atoms with Gasteiger partial charge in [-0.25, -0.2) is 0 Å². The molecule has 1 aliphatic heterocycles. The van der Waals surface area contributed by atoms with Crippen molar-refractivity contribution in [3.05, 3.63) is 22.7 Å². The van der Waals surface area contributed by atoms with E-state index in [-0.39, 0.29) is 12.5 Å². The molecule has 0 saturated heterocycles. The van der Waals surface area contributed by atoms with Gasteiger partial charge in [0.05, 0.1) is 16.7 Å². The van der Waals surface area contributed by atoms with Crippen molar-refractivity contribution in [1.82, 2.24) is 0 Å². The van der Waals surface area contributed by atoms with Crippen molar-refractivity contribution in [2.75, 3.05) is 31.3 Å². The van der Waals surface area contributed by atoms with Crippen molar-refractivity contribution >= 4 is 27.5 Å². The summed E-state index contributed by atoms with van der Waals surface area (Å²) in [7, 11) is 0. The fourth-order valence-corrected chi connectivity index (χ4v) is 2.21. The number of para-hydroxylation sites is 1. The summed E-state index contributed by atoms with van der Waals surface area (Å²) in [5, 5.41) is 0. The number of halogens is 1. The highest BCUT2D eigenvalue weighted by atomic mass is 79.9. The van der Waals surface area contributed by atoms with Gasteiger partial charge in [0.2, 0.25) is 0 Å². The van der Waals surface area contributed by atoms with E-state index in [4.69, 9.17) is 9.47 Å². The molecule has 0 fully saturated rings. The molecule has 1 aromatic carbocycles. The Morgan fingerprint density at radius 3 is 3.18 bits per heavy atom. The second kappa shape index (κ2) is 5.51. The number of benzene rings is 1. The van der Waals surface area contributed by atoms with Crippen LogP contribution in [0.15, 0.2) is 22.7 Å². The Bertz CT molecular complexity index is 422. The minimum atomic E-state index is -0.0329. The van der Waals surface area contributed by atoms with Crippen LogP contribution in [0.5, 0.6) is 5.75 Å². The van der Waals surface area contributed by atoms with Gasteiger partial charge in [0, 0.05) is 6.61 Å². The van der Waals surface area contributed by atoms with E-state index in [2.05, 4.69) is 15.9 Å². The minimum absolute atomic E-state index is 0.0329. The van der Waals surface area contributed by atoms with Gasteiger partial charge in [-0.2, -0.15) is 0 Å². The van der Waals surface area contributed by atoms with E-state index in [0.29, 0.717) is 19.8 Å². The Morgan fingerprint density at radius 1 is 1.59 bits per heavy atom. The molecule has 0 atom stereocenters. The maximum Gasteiger partial charge on any atom is 0.253 e. The van der Waals surface area contributed by atoms with E-state index in [9.17, 15) is 4.79 Å². The Labute approximate surface area is 109 Å². The Hall–Kier alpha value is -1.07. The summed E-state index contributed by atoms with van der Waals surface area (Å²) in [5.41, 5.74) is 0.801. The lowest BCUT2D eigenvalue weighted by Gasteiger charge is -2.30. The van der Waals surface area contributed by atoms with Crippen molar-refractivity contribution in [3.63, 3.8) is 0 Å². The largest absolute Gasteiger partial charge is 0.488 e. The van der Waals surface area contributed by atoms with E-state index in [1.165, 1.54) is 0 Å². The summed E-state index contributed by atoms with van der Waals surface area (Å²) in [6.45, 7) is 3.60. The predicted molar refractivity (Wildman–Crippen MR) is 68.5 cm³/mol. The van der Waals surface area contributed by atoms with Gasteiger partial charge in [-0.3, -0.25) is 4.79 Å². The van der Waals surface area contributed by atoms with Gasteiger partial charge >= 0.3 is 0 Å². The lowest BCUT2D eigenvalue weighted by molar-refractivity contribution is -0.123. The number of nitrogens with zero attached hydrogens (tertiary/aromatic N) is 1. The number of carbonyl (C=O) groups excluding carboxylic acids is 1. The van der Waals surface area contributed by atoms with E-state index < -0.39 is 0 Å². The first-order valence-corrected chi connectivity index (χ1v) is 6.32. The van der Waals surface area contributed by atoms with E-state index >= 15 is 0 Å². The summed E-state index contributed by atoms with van der Waals surface area (Å²) >= 11 is 3.42. The van der Waals surface area contributed by atoms with Crippen LogP contribution in [0.2, 0.25) is 0 Å². The van der Waals surface area contributed by atoms with Crippen LogP contribution in [0.4, 0.5) is 5.69 Å². The van der Waals surface area contributed by atoms with E-state index in [1.807, 2.05) is 25.1 Å². The summed E-state index contributed by atoms with van der Waals surface area (Å²) in [6, 6.07) is 5.66. The van der Waals surface area contributed by atoms with Gasteiger partial charge in [0.15, 0.2) is 5.75 Å². The van der Waals surface area contributed by atoms with E-state index in [1.54, 1.807) is 4.90 Å². The first-order valence-electron chi connectivity index (χ1n) is 5.53. The van der Waals surface area contributed by atoms with Crippen LogP contribution in [0.3, 0.4) is 0 Å². The third-order valence-electron chi connectivity index (χ3n) is 2.53. The summed E-state index contributed by atoms with van der Waals surface area (Å²) in [5.74, 6) is 0.693. The third-order valence-corrected chi connectivity index (χ3v) is 3.15. The fraction of sp³-hybridized carbons (Fsp3) is 0.417. The van der Waals surface area contributed by atoms with Crippen molar-refractivity contribution in [1.29, 1.82) is 0 Å². The van der Waals surface area contributed by atoms with Gasteiger partial charge in [-0.05, 0) is 35.0 Å². The second-order valence-corrected chi connectivity index (χ2v) is 4.47. The quantitative estimate of drug-likeness (QED) is 0.859. The van der Waals surface area contributed by atoms with Crippen molar-refractivity contribution in [2.24, 2.45) is 0 Å². The number of hydrogen-bond acceptors (Lipinski definition) is 3. The lowest BCUT2D eigenvalue weighted by Crippen LogP contribution is -2.40. The molecule has 5 heteroatoms. The molecular weight excluding hydrogens is 286 g/mol. The number of anilines is 1. The predicted octanol–water partition coefficient (Wildman–Crippen LogP) is 2.21. The first-order chi connectivity index (χ1) is 8.24. The number of rotatable bonds is 3. The average Bonchev–Trinajstić information content (AvgIpc) is 2.36. The highest BCUT2D eigenvalue weighted by molar-refractivity contribution is 9.10. The molecule has 92 valence electrons. The number of fused-ring (bicyclic) bond motifs is 1.